The first-order chi connectivity index (χ1) is 7.22. The first kappa shape index (κ1) is 11.7. The fourth-order valence-corrected chi connectivity index (χ4v) is 1.35. The lowest BCUT2D eigenvalue weighted by molar-refractivity contribution is 0.291. The lowest BCUT2D eigenvalue weighted by atomic mass is 10.2. The molecule has 0 atom stereocenters. The van der Waals surface area contributed by atoms with E-state index in [2.05, 4.69) is 6.92 Å². The minimum atomic E-state index is 0.683. The van der Waals surface area contributed by atoms with E-state index in [1.165, 1.54) is 0 Å². The van der Waals surface area contributed by atoms with Crippen LogP contribution in [0.25, 0.3) is 0 Å². The van der Waals surface area contributed by atoms with E-state index in [-0.39, 0.29) is 0 Å². The molecule has 0 unspecified atom stereocenters. The van der Waals surface area contributed by atoms with Crippen molar-refractivity contribution in [3.05, 3.63) is 17.7 Å². The van der Waals surface area contributed by atoms with Crippen LogP contribution in [0.2, 0.25) is 0 Å². The summed E-state index contributed by atoms with van der Waals surface area (Å²) in [7, 11) is 3.29. The van der Waals surface area contributed by atoms with Crippen LogP contribution in [0.4, 0.5) is 0 Å². The molecule has 0 bridgehead atoms. The molecular weight excluding hydrogens is 192 g/mol. The Morgan fingerprint density at radius 2 is 1.67 bits per heavy atom. The van der Waals surface area contributed by atoms with Crippen molar-refractivity contribution in [1.82, 2.24) is 0 Å². The summed E-state index contributed by atoms with van der Waals surface area (Å²) in [5.74, 6) is 2.31. The van der Waals surface area contributed by atoms with Crippen molar-refractivity contribution in [3.63, 3.8) is 0 Å². The van der Waals surface area contributed by atoms with Crippen molar-refractivity contribution in [2.75, 3.05) is 20.8 Å². The zero-order valence-electron chi connectivity index (χ0n) is 9.79. The zero-order chi connectivity index (χ0) is 11.3. The number of methoxy groups -OCH3 is 2. The summed E-state index contributed by atoms with van der Waals surface area (Å²) in [6.07, 6.45) is 0.972. The molecule has 0 spiro atoms. The van der Waals surface area contributed by atoms with Gasteiger partial charge in [-0.15, -0.1) is 0 Å². The second-order valence-corrected chi connectivity index (χ2v) is 3.32. The average molecular weight is 210 g/mol. The Kier molecular flexibility index (Phi) is 4.28. The third-order valence-electron chi connectivity index (χ3n) is 2.14. The monoisotopic (exact) mass is 210 g/mol. The summed E-state index contributed by atoms with van der Waals surface area (Å²) in [4.78, 5) is 0. The molecule has 1 aromatic rings. The molecule has 0 aliphatic rings. The molecule has 0 saturated carbocycles. The zero-order valence-corrected chi connectivity index (χ0v) is 9.79. The van der Waals surface area contributed by atoms with Gasteiger partial charge in [0.25, 0.3) is 0 Å². The van der Waals surface area contributed by atoms with E-state index in [0.29, 0.717) is 6.61 Å². The first-order valence-corrected chi connectivity index (χ1v) is 5.08. The molecule has 0 saturated heterocycles. The molecule has 0 fully saturated rings. The SMILES string of the molecule is CCCOc1cc(OC)c(C)cc1OC. The van der Waals surface area contributed by atoms with Gasteiger partial charge in [0.2, 0.25) is 0 Å². The fraction of sp³-hybridized carbons (Fsp3) is 0.500. The maximum absolute atomic E-state index is 5.57. The summed E-state index contributed by atoms with van der Waals surface area (Å²) in [6, 6.07) is 3.79. The van der Waals surface area contributed by atoms with Crippen LogP contribution in [0.1, 0.15) is 18.9 Å². The first-order valence-electron chi connectivity index (χ1n) is 5.08. The molecule has 0 amide bonds. The molecule has 0 heterocycles. The number of rotatable bonds is 5. The van der Waals surface area contributed by atoms with E-state index < -0.39 is 0 Å². The minimum absolute atomic E-state index is 0.683. The summed E-state index contributed by atoms with van der Waals surface area (Å²) >= 11 is 0. The van der Waals surface area contributed by atoms with E-state index >= 15 is 0 Å². The lowest BCUT2D eigenvalue weighted by Gasteiger charge is -2.13. The van der Waals surface area contributed by atoms with E-state index in [4.69, 9.17) is 14.2 Å². The largest absolute Gasteiger partial charge is 0.496 e. The molecule has 1 aromatic carbocycles. The Morgan fingerprint density at radius 1 is 1.00 bits per heavy atom. The molecule has 84 valence electrons. The second kappa shape index (κ2) is 5.49. The van der Waals surface area contributed by atoms with Crippen LogP contribution in [-0.4, -0.2) is 20.8 Å². The quantitative estimate of drug-likeness (QED) is 0.748. The van der Waals surface area contributed by atoms with Crippen LogP contribution in [-0.2, 0) is 0 Å². The maximum atomic E-state index is 5.57. The molecule has 0 N–H and O–H groups in total. The van der Waals surface area contributed by atoms with Crippen LogP contribution < -0.4 is 14.2 Å². The van der Waals surface area contributed by atoms with Crippen molar-refractivity contribution in [2.24, 2.45) is 0 Å². The molecule has 0 aliphatic heterocycles. The Bertz CT molecular complexity index is 321. The normalized spacial score (nSPS) is 9.87. The highest BCUT2D eigenvalue weighted by atomic mass is 16.5. The Morgan fingerprint density at radius 3 is 2.20 bits per heavy atom. The standard InChI is InChI=1S/C12H18O3/c1-5-6-15-12-8-10(13-3)9(2)7-11(12)14-4/h7-8H,5-6H2,1-4H3. The molecule has 0 radical (unpaired) electrons. The van der Waals surface area contributed by atoms with Crippen molar-refractivity contribution in [2.45, 2.75) is 20.3 Å². The van der Waals surface area contributed by atoms with Crippen LogP contribution in [0.5, 0.6) is 17.2 Å². The van der Waals surface area contributed by atoms with Crippen molar-refractivity contribution < 1.29 is 14.2 Å². The van der Waals surface area contributed by atoms with Gasteiger partial charge in [-0.1, -0.05) is 6.92 Å². The number of hydrogen-bond acceptors (Lipinski definition) is 3. The number of benzene rings is 1. The smallest absolute Gasteiger partial charge is 0.164 e. The minimum Gasteiger partial charge on any atom is -0.496 e. The Balaban J connectivity index is 2.99. The third-order valence-corrected chi connectivity index (χ3v) is 2.14. The molecule has 0 aromatic heterocycles. The van der Waals surface area contributed by atoms with Gasteiger partial charge in [-0.2, -0.15) is 0 Å². The molecule has 0 aliphatic carbocycles. The number of hydrogen-bond donors (Lipinski definition) is 0. The van der Waals surface area contributed by atoms with Crippen LogP contribution in [0.3, 0.4) is 0 Å². The van der Waals surface area contributed by atoms with E-state index in [9.17, 15) is 0 Å². The van der Waals surface area contributed by atoms with E-state index in [0.717, 1.165) is 29.2 Å². The van der Waals surface area contributed by atoms with Gasteiger partial charge in [0.05, 0.1) is 20.8 Å². The highest BCUT2D eigenvalue weighted by Gasteiger charge is 2.09. The van der Waals surface area contributed by atoms with Crippen molar-refractivity contribution in [3.8, 4) is 17.2 Å². The van der Waals surface area contributed by atoms with E-state index in [1.807, 2.05) is 19.1 Å². The Hall–Kier alpha value is -1.38. The van der Waals surface area contributed by atoms with Gasteiger partial charge in [-0.25, -0.2) is 0 Å². The average Bonchev–Trinajstić information content (AvgIpc) is 2.26. The van der Waals surface area contributed by atoms with Gasteiger partial charge in [0, 0.05) is 6.07 Å². The summed E-state index contributed by atoms with van der Waals surface area (Å²) in [6.45, 7) is 4.73. The van der Waals surface area contributed by atoms with Crippen molar-refractivity contribution >= 4 is 0 Å². The highest BCUT2D eigenvalue weighted by molar-refractivity contribution is 5.50. The summed E-state index contributed by atoms with van der Waals surface area (Å²) in [5.41, 5.74) is 1.04. The fourth-order valence-electron chi connectivity index (χ4n) is 1.35. The van der Waals surface area contributed by atoms with Crippen LogP contribution in [0, 0.1) is 6.92 Å². The van der Waals surface area contributed by atoms with Gasteiger partial charge in [0.15, 0.2) is 11.5 Å². The Labute approximate surface area is 91.0 Å². The molecule has 3 heteroatoms. The topological polar surface area (TPSA) is 27.7 Å². The summed E-state index contributed by atoms with van der Waals surface area (Å²) in [5, 5.41) is 0. The molecule has 3 nitrogen and oxygen atoms in total. The number of aryl methyl sites for hydroxylation is 1. The molecule has 1 rings (SSSR count). The van der Waals surface area contributed by atoms with Crippen LogP contribution in [0.15, 0.2) is 12.1 Å². The predicted molar refractivity (Wildman–Crippen MR) is 60.1 cm³/mol. The van der Waals surface area contributed by atoms with Gasteiger partial charge >= 0.3 is 0 Å². The van der Waals surface area contributed by atoms with Crippen LogP contribution >= 0.6 is 0 Å². The van der Waals surface area contributed by atoms with E-state index in [1.54, 1.807) is 14.2 Å². The molecule has 15 heavy (non-hydrogen) atoms. The van der Waals surface area contributed by atoms with Gasteiger partial charge in [-0.3, -0.25) is 0 Å². The highest BCUT2D eigenvalue weighted by Crippen LogP contribution is 2.34. The number of ether oxygens (including phenoxy) is 3. The predicted octanol–water partition coefficient (Wildman–Crippen LogP) is 2.80. The summed E-state index contributed by atoms with van der Waals surface area (Å²) < 4.78 is 16.0. The maximum Gasteiger partial charge on any atom is 0.164 e. The van der Waals surface area contributed by atoms with Gasteiger partial charge < -0.3 is 14.2 Å². The van der Waals surface area contributed by atoms with Gasteiger partial charge in [-0.05, 0) is 25.0 Å². The lowest BCUT2D eigenvalue weighted by Crippen LogP contribution is -1.99. The molecular formula is C12H18O3. The third kappa shape index (κ3) is 2.78. The second-order valence-electron chi connectivity index (χ2n) is 3.32. The van der Waals surface area contributed by atoms with Crippen molar-refractivity contribution in [1.29, 1.82) is 0 Å². The van der Waals surface area contributed by atoms with Gasteiger partial charge in [0.1, 0.15) is 5.75 Å².